The van der Waals surface area contributed by atoms with Crippen molar-refractivity contribution in [2.24, 2.45) is 11.3 Å². The van der Waals surface area contributed by atoms with Gasteiger partial charge in [-0.05, 0) is 30.6 Å². The first-order valence-electron chi connectivity index (χ1n) is 5.51. The fraction of sp³-hybridized carbons (Fsp3) is 1.00. The van der Waals surface area contributed by atoms with E-state index in [4.69, 9.17) is 16.3 Å². The maximum Gasteiger partial charge on any atom is 0.0464 e. The van der Waals surface area contributed by atoms with Crippen molar-refractivity contribution in [3.63, 3.8) is 0 Å². The number of alkyl halides is 1. The lowest BCUT2D eigenvalue weighted by atomic mass is 9.87. The number of hydrogen-bond acceptors (Lipinski definition) is 1. The molecule has 0 spiro atoms. The quantitative estimate of drug-likeness (QED) is 0.613. The number of hydrogen-bond donors (Lipinski definition) is 0. The third kappa shape index (κ3) is 6.67. The normalized spacial score (nSPS) is 16.7. The lowest BCUT2D eigenvalue weighted by Gasteiger charge is -2.26. The largest absolute Gasteiger partial charge is 0.385 e. The number of methoxy groups -OCH3 is 1. The van der Waals surface area contributed by atoms with Crippen LogP contribution in [0.5, 0.6) is 0 Å². The summed E-state index contributed by atoms with van der Waals surface area (Å²) in [6.45, 7) is 9.73. The van der Waals surface area contributed by atoms with E-state index >= 15 is 0 Å². The van der Waals surface area contributed by atoms with Crippen LogP contribution in [0.25, 0.3) is 0 Å². The third-order valence-electron chi connectivity index (χ3n) is 2.67. The van der Waals surface area contributed by atoms with E-state index in [-0.39, 0.29) is 10.8 Å². The Kier molecular flexibility index (Phi) is 6.80. The molecular formula is C12H25ClO. The van der Waals surface area contributed by atoms with Gasteiger partial charge in [0.15, 0.2) is 0 Å². The van der Waals surface area contributed by atoms with Crippen molar-refractivity contribution in [2.45, 2.75) is 52.3 Å². The minimum atomic E-state index is 0.225. The highest BCUT2D eigenvalue weighted by Gasteiger charge is 2.22. The smallest absolute Gasteiger partial charge is 0.0464 e. The molecule has 0 rings (SSSR count). The molecule has 0 bridgehead atoms. The van der Waals surface area contributed by atoms with Gasteiger partial charge in [0.05, 0.1) is 0 Å². The van der Waals surface area contributed by atoms with E-state index in [0.717, 1.165) is 25.4 Å². The van der Waals surface area contributed by atoms with Crippen LogP contribution in [-0.4, -0.2) is 19.1 Å². The molecule has 0 fully saturated rings. The first-order chi connectivity index (χ1) is 6.38. The van der Waals surface area contributed by atoms with Crippen molar-refractivity contribution in [3.8, 4) is 0 Å². The highest BCUT2D eigenvalue weighted by molar-refractivity contribution is 6.21. The highest BCUT2D eigenvalue weighted by Crippen LogP contribution is 2.29. The molecule has 0 N–H and O–H groups in total. The van der Waals surface area contributed by atoms with Crippen LogP contribution in [0.3, 0.4) is 0 Å². The van der Waals surface area contributed by atoms with Gasteiger partial charge in [-0.2, -0.15) is 0 Å². The third-order valence-corrected chi connectivity index (χ3v) is 3.54. The molecule has 14 heavy (non-hydrogen) atoms. The zero-order chi connectivity index (χ0) is 11.2. The summed E-state index contributed by atoms with van der Waals surface area (Å²) in [4.78, 5) is 0. The lowest BCUT2D eigenvalue weighted by Crippen LogP contribution is -2.21. The van der Waals surface area contributed by atoms with E-state index in [1.54, 1.807) is 7.11 Å². The van der Waals surface area contributed by atoms with E-state index in [9.17, 15) is 0 Å². The van der Waals surface area contributed by atoms with E-state index in [1.165, 1.54) is 6.42 Å². The molecule has 2 heteroatoms. The van der Waals surface area contributed by atoms with Gasteiger partial charge in [-0.1, -0.05) is 27.7 Å². The highest BCUT2D eigenvalue weighted by atomic mass is 35.5. The molecule has 0 saturated heterocycles. The summed E-state index contributed by atoms with van der Waals surface area (Å²) in [5, 5.41) is 0.285. The molecule has 0 aliphatic heterocycles. The maximum atomic E-state index is 6.30. The van der Waals surface area contributed by atoms with Gasteiger partial charge in [-0.15, -0.1) is 11.6 Å². The van der Waals surface area contributed by atoms with Crippen molar-refractivity contribution in [2.75, 3.05) is 13.7 Å². The van der Waals surface area contributed by atoms with E-state index < -0.39 is 0 Å². The number of ether oxygens (including phenoxy) is 1. The van der Waals surface area contributed by atoms with Gasteiger partial charge in [0, 0.05) is 19.1 Å². The van der Waals surface area contributed by atoms with Crippen molar-refractivity contribution < 1.29 is 4.74 Å². The zero-order valence-corrected chi connectivity index (χ0v) is 11.0. The summed E-state index contributed by atoms with van der Waals surface area (Å²) in [6, 6.07) is 0. The Hall–Kier alpha value is 0.250. The summed E-state index contributed by atoms with van der Waals surface area (Å²) in [6.07, 6.45) is 3.45. The van der Waals surface area contributed by atoms with Crippen LogP contribution in [0.2, 0.25) is 0 Å². The molecular weight excluding hydrogens is 196 g/mol. The second kappa shape index (κ2) is 6.68. The molecule has 0 saturated carbocycles. The summed E-state index contributed by atoms with van der Waals surface area (Å²) in [5.74, 6) is 0.721. The van der Waals surface area contributed by atoms with Gasteiger partial charge in [-0.25, -0.2) is 0 Å². The van der Waals surface area contributed by atoms with Gasteiger partial charge >= 0.3 is 0 Å². The Balaban J connectivity index is 3.61. The van der Waals surface area contributed by atoms with E-state index in [0.29, 0.717) is 0 Å². The standard InChI is InChI=1S/C12H25ClO/c1-10(8-9-14-5)6-7-11(13)12(2,3)4/h10-11H,6-9H2,1-5H3. The predicted octanol–water partition coefficient (Wildman–Crippen LogP) is 4.09. The summed E-state index contributed by atoms with van der Waals surface area (Å²) in [7, 11) is 1.76. The molecule has 86 valence electrons. The van der Waals surface area contributed by atoms with Crippen LogP contribution < -0.4 is 0 Å². The molecule has 2 atom stereocenters. The van der Waals surface area contributed by atoms with Crippen molar-refractivity contribution in [1.82, 2.24) is 0 Å². The van der Waals surface area contributed by atoms with E-state index in [1.807, 2.05) is 0 Å². The zero-order valence-electron chi connectivity index (χ0n) is 10.3. The predicted molar refractivity (Wildman–Crippen MR) is 64.0 cm³/mol. The minimum Gasteiger partial charge on any atom is -0.385 e. The molecule has 0 radical (unpaired) electrons. The summed E-state index contributed by atoms with van der Waals surface area (Å²) >= 11 is 6.30. The maximum absolute atomic E-state index is 6.30. The second-order valence-electron chi connectivity index (χ2n) is 5.30. The van der Waals surface area contributed by atoms with Crippen LogP contribution >= 0.6 is 11.6 Å². The lowest BCUT2D eigenvalue weighted by molar-refractivity contribution is 0.177. The Bertz CT molecular complexity index is 140. The van der Waals surface area contributed by atoms with Crippen LogP contribution in [0.4, 0.5) is 0 Å². The molecule has 0 aromatic rings. The Labute approximate surface area is 94.2 Å². The number of halogens is 1. The molecule has 0 aromatic carbocycles. The first-order valence-corrected chi connectivity index (χ1v) is 5.94. The average molecular weight is 221 g/mol. The number of rotatable bonds is 6. The molecule has 0 amide bonds. The molecule has 0 aliphatic rings. The van der Waals surface area contributed by atoms with Crippen LogP contribution in [0.15, 0.2) is 0 Å². The first kappa shape index (κ1) is 14.2. The van der Waals surface area contributed by atoms with Crippen molar-refractivity contribution >= 4 is 11.6 Å². The van der Waals surface area contributed by atoms with E-state index in [2.05, 4.69) is 27.7 Å². The second-order valence-corrected chi connectivity index (χ2v) is 5.82. The fourth-order valence-corrected chi connectivity index (χ4v) is 1.45. The molecule has 2 unspecified atom stereocenters. The van der Waals surface area contributed by atoms with Gasteiger partial charge in [0.2, 0.25) is 0 Å². The minimum absolute atomic E-state index is 0.225. The fourth-order valence-electron chi connectivity index (χ4n) is 1.33. The Morgan fingerprint density at radius 1 is 1.14 bits per heavy atom. The van der Waals surface area contributed by atoms with Crippen LogP contribution in [0, 0.1) is 11.3 Å². The monoisotopic (exact) mass is 220 g/mol. The Morgan fingerprint density at radius 2 is 1.71 bits per heavy atom. The topological polar surface area (TPSA) is 9.23 Å². The van der Waals surface area contributed by atoms with Gasteiger partial charge in [-0.3, -0.25) is 0 Å². The molecule has 0 heterocycles. The average Bonchev–Trinajstić information content (AvgIpc) is 2.09. The SMILES string of the molecule is COCCC(C)CCC(Cl)C(C)(C)C. The molecule has 1 nitrogen and oxygen atoms in total. The van der Waals surface area contributed by atoms with Gasteiger partial charge in [0.1, 0.15) is 0 Å². The van der Waals surface area contributed by atoms with Crippen molar-refractivity contribution in [1.29, 1.82) is 0 Å². The molecule has 0 aliphatic carbocycles. The van der Waals surface area contributed by atoms with Crippen LogP contribution in [-0.2, 0) is 4.74 Å². The van der Waals surface area contributed by atoms with Crippen LogP contribution in [0.1, 0.15) is 47.0 Å². The summed E-state index contributed by atoms with van der Waals surface area (Å²) in [5.41, 5.74) is 0.225. The van der Waals surface area contributed by atoms with Gasteiger partial charge in [0.25, 0.3) is 0 Å². The summed E-state index contributed by atoms with van der Waals surface area (Å²) < 4.78 is 5.05. The van der Waals surface area contributed by atoms with Crippen molar-refractivity contribution in [3.05, 3.63) is 0 Å². The van der Waals surface area contributed by atoms with Gasteiger partial charge < -0.3 is 4.74 Å². The Morgan fingerprint density at radius 3 is 2.14 bits per heavy atom. The molecule has 0 aromatic heterocycles.